The maximum Gasteiger partial charge on any atom is 0.339 e. The van der Waals surface area contributed by atoms with E-state index in [4.69, 9.17) is 5.10 Å². The van der Waals surface area contributed by atoms with E-state index in [0.29, 0.717) is 23.4 Å². The van der Waals surface area contributed by atoms with Crippen molar-refractivity contribution < 1.29 is 9.90 Å². The Morgan fingerprint density at radius 1 is 1.09 bits per heavy atom. The molecular weight excluding hydrogens is 412 g/mol. The lowest BCUT2D eigenvalue weighted by Gasteiger charge is -2.33. The van der Waals surface area contributed by atoms with E-state index in [1.165, 1.54) is 48.7 Å². The molecule has 0 aliphatic heterocycles. The van der Waals surface area contributed by atoms with E-state index < -0.39 is 5.97 Å². The third-order valence-electron chi connectivity index (χ3n) is 8.11. The highest BCUT2D eigenvalue weighted by Gasteiger charge is 2.37. The average molecular weight is 445 g/mol. The van der Waals surface area contributed by atoms with Crippen molar-refractivity contribution in [2.45, 2.75) is 88.5 Å². The number of fused-ring (bicyclic) bond motifs is 1. The zero-order valence-corrected chi connectivity index (χ0v) is 19.5. The Balaban J connectivity index is 1.30. The minimum Gasteiger partial charge on any atom is -0.478 e. The second kappa shape index (κ2) is 7.57. The Hall–Kier alpha value is -2.89. The lowest BCUT2D eigenvalue weighted by molar-refractivity contribution is 0.0695. The molecule has 0 bridgehead atoms. The SMILES string of the molecule is CC1(C)CCc2cnn([C@H]3CCC[C@@H](c4cccc(-n5ncc(C(=O)O)c5C5CC5)c4)C3)c21. The summed E-state index contributed by atoms with van der Waals surface area (Å²) in [4.78, 5) is 11.7. The van der Waals surface area contributed by atoms with Gasteiger partial charge in [-0.25, -0.2) is 9.48 Å². The van der Waals surface area contributed by atoms with Gasteiger partial charge in [0.15, 0.2) is 0 Å². The first-order valence-corrected chi connectivity index (χ1v) is 12.4. The number of nitrogens with zero attached hydrogens (tertiary/aromatic N) is 4. The first kappa shape index (κ1) is 20.7. The Morgan fingerprint density at radius 3 is 2.73 bits per heavy atom. The van der Waals surface area contributed by atoms with Crippen molar-refractivity contribution in [2.24, 2.45) is 0 Å². The van der Waals surface area contributed by atoms with Gasteiger partial charge >= 0.3 is 5.97 Å². The molecule has 6 heteroatoms. The summed E-state index contributed by atoms with van der Waals surface area (Å²) in [5, 5.41) is 19.0. The summed E-state index contributed by atoms with van der Waals surface area (Å²) in [7, 11) is 0. The van der Waals surface area contributed by atoms with Crippen LogP contribution >= 0.6 is 0 Å². The number of carbonyl (C=O) groups is 1. The molecule has 0 spiro atoms. The van der Waals surface area contributed by atoms with Gasteiger partial charge in [-0.15, -0.1) is 0 Å². The van der Waals surface area contributed by atoms with Crippen LogP contribution in [0.1, 0.15) is 110 Å². The van der Waals surface area contributed by atoms with Crippen molar-refractivity contribution in [3.8, 4) is 5.69 Å². The summed E-state index contributed by atoms with van der Waals surface area (Å²) in [6.45, 7) is 4.71. The van der Waals surface area contributed by atoms with Gasteiger partial charge in [-0.05, 0) is 74.1 Å². The minimum atomic E-state index is -0.885. The summed E-state index contributed by atoms with van der Waals surface area (Å²) >= 11 is 0. The van der Waals surface area contributed by atoms with Gasteiger partial charge < -0.3 is 5.11 Å². The van der Waals surface area contributed by atoms with Crippen LogP contribution in [0.3, 0.4) is 0 Å². The lowest BCUT2D eigenvalue weighted by Crippen LogP contribution is -2.25. The Morgan fingerprint density at radius 2 is 1.94 bits per heavy atom. The van der Waals surface area contributed by atoms with Crippen LogP contribution in [0.2, 0.25) is 0 Å². The number of aromatic carboxylic acids is 1. The van der Waals surface area contributed by atoms with E-state index in [1.54, 1.807) is 0 Å². The molecule has 0 saturated heterocycles. The molecule has 1 N–H and O–H groups in total. The van der Waals surface area contributed by atoms with E-state index in [1.807, 2.05) is 4.68 Å². The highest BCUT2D eigenvalue weighted by atomic mass is 16.4. The molecular formula is C27H32N4O2. The first-order chi connectivity index (χ1) is 15.9. The summed E-state index contributed by atoms with van der Waals surface area (Å²) < 4.78 is 4.23. The molecule has 0 amide bonds. The van der Waals surface area contributed by atoms with Crippen LogP contribution in [0, 0.1) is 0 Å². The van der Waals surface area contributed by atoms with Gasteiger partial charge in [0, 0.05) is 17.0 Å². The van der Waals surface area contributed by atoms with Gasteiger partial charge in [-0.3, -0.25) is 4.68 Å². The molecule has 3 aliphatic rings. The van der Waals surface area contributed by atoms with Crippen LogP contribution in [-0.2, 0) is 11.8 Å². The third-order valence-corrected chi connectivity index (χ3v) is 8.11. The molecule has 6 nitrogen and oxygen atoms in total. The number of hydrogen-bond acceptors (Lipinski definition) is 3. The molecule has 2 saturated carbocycles. The second-order valence-corrected chi connectivity index (χ2v) is 10.9. The van der Waals surface area contributed by atoms with Gasteiger partial charge in [-0.2, -0.15) is 10.2 Å². The van der Waals surface area contributed by atoms with Crippen LogP contribution in [-0.4, -0.2) is 30.6 Å². The quantitative estimate of drug-likeness (QED) is 0.542. The van der Waals surface area contributed by atoms with Gasteiger partial charge in [0.05, 0.1) is 29.8 Å². The second-order valence-electron chi connectivity index (χ2n) is 10.9. The minimum absolute atomic E-state index is 0.208. The third kappa shape index (κ3) is 3.51. The Bertz CT molecular complexity index is 1220. The summed E-state index contributed by atoms with van der Waals surface area (Å²) in [6.07, 6.45) is 12.7. The van der Waals surface area contributed by atoms with Gasteiger partial charge in [-0.1, -0.05) is 32.4 Å². The number of carboxylic acids is 1. The predicted molar refractivity (Wildman–Crippen MR) is 126 cm³/mol. The number of rotatable bonds is 5. The molecule has 3 aromatic rings. The first-order valence-electron chi connectivity index (χ1n) is 12.4. The van der Waals surface area contributed by atoms with Crippen molar-refractivity contribution in [2.75, 3.05) is 0 Å². The van der Waals surface area contributed by atoms with Crippen molar-refractivity contribution in [1.29, 1.82) is 0 Å². The Labute approximate surface area is 194 Å². The fourth-order valence-corrected chi connectivity index (χ4v) is 6.25. The van der Waals surface area contributed by atoms with Crippen LogP contribution in [0.5, 0.6) is 0 Å². The standard InChI is InChI=1S/C27H32N4O2/c1-27(2)12-11-20-15-28-31(25(20)27)22-8-4-6-19(14-22)18-5-3-7-21(13-18)30-24(17-9-10-17)23(16-29-30)26(32)33/h3,5,7,13,15-17,19,22H,4,6,8-12,14H2,1-2H3,(H,32,33)/t19-,22+/m1/s1. The molecule has 2 fully saturated rings. The summed E-state index contributed by atoms with van der Waals surface area (Å²) in [5.41, 5.74) is 6.60. The monoisotopic (exact) mass is 444 g/mol. The normalized spacial score (nSPS) is 24.1. The number of aromatic nitrogens is 4. The van der Waals surface area contributed by atoms with E-state index in [0.717, 1.165) is 37.1 Å². The predicted octanol–water partition coefficient (Wildman–Crippen LogP) is 5.77. The molecule has 1 aromatic carbocycles. The fraction of sp³-hybridized carbons (Fsp3) is 0.519. The van der Waals surface area contributed by atoms with Crippen molar-refractivity contribution in [3.63, 3.8) is 0 Å². The zero-order valence-electron chi connectivity index (χ0n) is 19.5. The topological polar surface area (TPSA) is 72.9 Å². The van der Waals surface area contributed by atoms with Gasteiger partial charge in [0.25, 0.3) is 0 Å². The lowest BCUT2D eigenvalue weighted by atomic mass is 9.80. The highest BCUT2D eigenvalue weighted by Crippen LogP contribution is 2.45. The number of carboxylic acid groups (broad SMARTS) is 1. The smallest absolute Gasteiger partial charge is 0.339 e. The highest BCUT2D eigenvalue weighted by molar-refractivity contribution is 5.89. The fourth-order valence-electron chi connectivity index (χ4n) is 6.25. The molecule has 2 atom stereocenters. The molecule has 3 aliphatic carbocycles. The molecule has 0 radical (unpaired) electrons. The zero-order chi connectivity index (χ0) is 22.7. The number of hydrogen-bond donors (Lipinski definition) is 1. The van der Waals surface area contributed by atoms with Crippen molar-refractivity contribution >= 4 is 5.97 Å². The molecule has 33 heavy (non-hydrogen) atoms. The molecule has 172 valence electrons. The molecule has 2 aromatic heterocycles. The van der Waals surface area contributed by atoms with Crippen molar-refractivity contribution in [1.82, 2.24) is 19.6 Å². The van der Waals surface area contributed by atoms with E-state index in [-0.39, 0.29) is 5.41 Å². The van der Waals surface area contributed by atoms with Crippen LogP contribution in [0.15, 0.2) is 36.7 Å². The van der Waals surface area contributed by atoms with Gasteiger partial charge in [0.2, 0.25) is 0 Å². The number of aryl methyl sites for hydroxylation is 1. The van der Waals surface area contributed by atoms with Crippen LogP contribution < -0.4 is 0 Å². The molecule has 6 rings (SSSR count). The van der Waals surface area contributed by atoms with E-state index in [9.17, 15) is 9.90 Å². The maximum absolute atomic E-state index is 11.7. The largest absolute Gasteiger partial charge is 0.478 e. The van der Waals surface area contributed by atoms with E-state index >= 15 is 0 Å². The van der Waals surface area contributed by atoms with Crippen LogP contribution in [0.25, 0.3) is 5.69 Å². The van der Waals surface area contributed by atoms with Crippen LogP contribution in [0.4, 0.5) is 0 Å². The summed E-state index contributed by atoms with van der Waals surface area (Å²) in [6, 6.07) is 9.05. The maximum atomic E-state index is 11.7. The summed E-state index contributed by atoms with van der Waals surface area (Å²) in [5.74, 6) is -0.0948. The van der Waals surface area contributed by atoms with Crippen molar-refractivity contribution in [3.05, 3.63) is 64.7 Å². The van der Waals surface area contributed by atoms with E-state index in [2.05, 4.69) is 54.1 Å². The average Bonchev–Trinajstić information content (AvgIpc) is 3.27. The number of benzene rings is 1. The Kier molecular flexibility index (Phi) is 4.75. The molecule has 2 heterocycles. The van der Waals surface area contributed by atoms with Gasteiger partial charge in [0.1, 0.15) is 5.56 Å². The molecule has 0 unspecified atom stereocenters.